The minimum absolute atomic E-state index is 0.194. The van der Waals surface area contributed by atoms with Crippen molar-refractivity contribution in [1.29, 1.82) is 0 Å². The van der Waals surface area contributed by atoms with Gasteiger partial charge in [0.15, 0.2) is 0 Å². The van der Waals surface area contributed by atoms with Crippen molar-refractivity contribution in [3.63, 3.8) is 0 Å². The lowest BCUT2D eigenvalue weighted by molar-refractivity contribution is -0.132. The molecule has 0 spiro atoms. The molecule has 6 nitrogen and oxygen atoms in total. The van der Waals surface area contributed by atoms with E-state index in [1.807, 2.05) is 11.9 Å². The van der Waals surface area contributed by atoms with Crippen LogP contribution in [0.4, 0.5) is 0 Å². The van der Waals surface area contributed by atoms with E-state index in [9.17, 15) is 15.0 Å². The van der Waals surface area contributed by atoms with Crippen molar-refractivity contribution in [3.05, 3.63) is 0 Å². The van der Waals surface area contributed by atoms with Gasteiger partial charge in [-0.3, -0.25) is 9.69 Å². The van der Waals surface area contributed by atoms with Gasteiger partial charge in [0.2, 0.25) is 5.91 Å². The molecule has 3 N–H and O–H groups in total. The Balaban J connectivity index is 1.51. The fourth-order valence-electron chi connectivity index (χ4n) is 4.30. The second-order valence-electron chi connectivity index (χ2n) is 7.32. The van der Waals surface area contributed by atoms with Crippen LogP contribution in [0.25, 0.3) is 0 Å². The smallest absolute Gasteiger partial charge is 0.236 e. The maximum atomic E-state index is 12.5. The Bertz CT molecular complexity index is 382. The summed E-state index contributed by atoms with van der Waals surface area (Å²) in [7, 11) is 2.05. The highest BCUT2D eigenvalue weighted by Crippen LogP contribution is 2.36. The van der Waals surface area contributed by atoms with Crippen LogP contribution in [0.2, 0.25) is 0 Å². The van der Waals surface area contributed by atoms with Gasteiger partial charge in [-0.15, -0.1) is 0 Å². The predicted molar refractivity (Wildman–Crippen MR) is 83.3 cm³/mol. The third-order valence-corrected chi connectivity index (χ3v) is 5.78. The van der Waals surface area contributed by atoms with Crippen LogP contribution >= 0.6 is 0 Å². The molecule has 3 aliphatic rings. The number of aliphatic hydroxyl groups is 2. The first kappa shape index (κ1) is 16.2. The quantitative estimate of drug-likeness (QED) is 0.640. The summed E-state index contributed by atoms with van der Waals surface area (Å²) in [5, 5.41) is 22.9. The van der Waals surface area contributed by atoms with Gasteiger partial charge in [0.25, 0.3) is 0 Å². The number of rotatable bonds is 3. The number of likely N-dealkylation sites (tertiary alicyclic amines) is 1. The average molecular weight is 311 g/mol. The standard InChI is InChI=1S/C16H29N3O3/c1-18(13-2-4-17-5-3-13)10-16(22)19-8-11-6-14(20)15(21)7-12(11)9-19/h11-15,17,20-21H,2-10H2,1H3/t11-,12+,14-,15-/m0/s1. The van der Waals surface area contributed by atoms with E-state index in [2.05, 4.69) is 10.2 Å². The van der Waals surface area contributed by atoms with Crippen LogP contribution in [0.5, 0.6) is 0 Å². The normalized spacial score (nSPS) is 36.6. The number of fused-ring (bicyclic) bond motifs is 1. The maximum Gasteiger partial charge on any atom is 0.236 e. The molecule has 0 unspecified atom stereocenters. The molecule has 4 atom stereocenters. The number of likely N-dealkylation sites (N-methyl/N-ethyl adjacent to an activating group) is 1. The number of aliphatic hydroxyl groups excluding tert-OH is 2. The monoisotopic (exact) mass is 311 g/mol. The SMILES string of the molecule is CN(CC(=O)N1C[C@H]2C[C@H](O)[C@@H](O)C[C@H]2C1)C1CCNCC1. The molecule has 0 aromatic carbocycles. The van der Waals surface area contributed by atoms with Gasteiger partial charge in [-0.25, -0.2) is 0 Å². The van der Waals surface area contributed by atoms with Gasteiger partial charge in [-0.2, -0.15) is 0 Å². The van der Waals surface area contributed by atoms with E-state index in [1.54, 1.807) is 0 Å². The molecule has 3 rings (SSSR count). The van der Waals surface area contributed by atoms with Crippen molar-refractivity contribution in [2.75, 3.05) is 39.8 Å². The molecule has 1 amide bonds. The minimum Gasteiger partial charge on any atom is -0.390 e. The zero-order chi connectivity index (χ0) is 15.7. The Morgan fingerprint density at radius 3 is 2.23 bits per heavy atom. The Morgan fingerprint density at radius 2 is 1.68 bits per heavy atom. The van der Waals surface area contributed by atoms with E-state index in [4.69, 9.17) is 0 Å². The van der Waals surface area contributed by atoms with Crippen LogP contribution in [0.3, 0.4) is 0 Å². The molecule has 0 aromatic heterocycles. The van der Waals surface area contributed by atoms with Gasteiger partial charge in [-0.05, 0) is 57.7 Å². The largest absolute Gasteiger partial charge is 0.390 e. The van der Waals surface area contributed by atoms with E-state index < -0.39 is 12.2 Å². The molecule has 2 saturated heterocycles. The Kier molecular flexibility index (Phi) is 5.02. The molecule has 22 heavy (non-hydrogen) atoms. The van der Waals surface area contributed by atoms with Crippen molar-refractivity contribution in [1.82, 2.24) is 15.1 Å². The summed E-state index contributed by atoms with van der Waals surface area (Å²) in [6, 6.07) is 0.499. The first-order valence-electron chi connectivity index (χ1n) is 8.59. The van der Waals surface area contributed by atoms with Crippen molar-refractivity contribution >= 4 is 5.91 Å². The van der Waals surface area contributed by atoms with Gasteiger partial charge in [0.1, 0.15) is 0 Å². The number of carbonyl (C=O) groups excluding carboxylic acids is 1. The summed E-state index contributed by atoms with van der Waals surface area (Å²) in [5.74, 6) is 0.900. The first-order chi connectivity index (χ1) is 10.5. The topological polar surface area (TPSA) is 76.0 Å². The summed E-state index contributed by atoms with van der Waals surface area (Å²) in [6.07, 6.45) is 2.22. The molecule has 0 bridgehead atoms. The van der Waals surface area contributed by atoms with Crippen molar-refractivity contribution in [2.24, 2.45) is 11.8 Å². The predicted octanol–water partition coefficient (Wildman–Crippen LogP) is -0.740. The highest BCUT2D eigenvalue weighted by molar-refractivity contribution is 5.78. The highest BCUT2D eigenvalue weighted by atomic mass is 16.3. The van der Waals surface area contributed by atoms with E-state index in [0.717, 1.165) is 39.0 Å². The number of hydrogen-bond donors (Lipinski definition) is 3. The lowest BCUT2D eigenvalue weighted by atomic mass is 9.79. The lowest BCUT2D eigenvalue weighted by Gasteiger charge is -2.32. The van der Waals surface area contributed by atoms with E-state index in [0.29, 0.717) is 37.3 Å². The molecule has 3 fully saturated rings. The van der Waals surface area contributed by atoms with Gasteiger partial charge in [0, 0.05) is 19.1 Å². The minimum atomic E-state index is -0.617. The molecule has 6 heteroatoms. The summed E-state index contributed by atoms with van der Waals surface area (Å²) < 4.78 is 0. The van der Waals surface area contributed by atoms with Crippen molar-refractivity contribution < 1.29 is 15.0 Å². The number of nitrogens with one attached hydrogen (secondary N) is 1. The fourth-order valence-corrected chi connectivity index (χ4v) is 4.30. The van der Waals surface area contributed by atoms with Gasteiger partial charge in [-0.1, -0.05) is 0 Å². The molecule has 2 heterocycles. The Labute approximate surface area is 132 Å². The van der Waals surface area contributed by atoms with Crippen LogP contribution in [0.1, 0.15) is 25.7 Å². The zero-order valence-corrected chi connectivity index (χ0v) is 13.4. The molecule has 0 aromatic rings. The second kappa shape index (κ2) is 6.83. The summed E-state index contributed by atoms with van der Waals surface area (Å²) in [4.78, 5) is 16.7. The van der Waals surface area contributed by atoms with Gasteiger partial charge >= 0.3 is 0 Å². The third-order valence-electron chi connectivity index (χ3n) is 5.78. The lowest BCUT2D eigenvalue weighted by Crippen LogP contribution is -2.46. The molecule has 0 radical (unpaired) electrons. The molecule has 2 aliphatic heterocycles. The average Bonchev–Trinajstić information content (AvgIpc) is 2.91. The molecule has 1 aliphatic carbocycles. The first-order valence-corrected chi connectivity index (χ1v) is 8.59. The van der Waals surface area contributed by atoms with Crippen LogP contribution < -0.4 is 5.32 Å². The van der Waals surface area contributed by atoms with Gasteiger partial charge in [0.05, 0.1) is 18.8 Å². The van der Waals surface area contributed by atoms with Crippen LogP contribution in [0, 0.1) is 11.8 Å². The Morgan fingerprint density at radius 1 is 1.14 bits per heavy atom. The van der Waals surface area contributed by atoms with Crippen molar-refractivity contribution in [2.45, 2.75) is 43.9 Å². The number of piperidine rings is 1. The number of hydrogen-bond acceptors (Lipinski definition) is 5. The summed E-state index contributed by atoms with van der Waals surface area (Å²) in [5.41, 5.74) is 0. The second-order valence-corrected chi connectivity index (χ2v) is 7.32. The van der Waals surface area contributed by atoms with Crippen molar-refractivity contribution in [3.8, 4) is 0 Å². The molecule has 126 valence electrons. The van der Waals surface area contributed by atoms with Gasteiger partial charge < -0.3 is 20.4 Å². The van der Waals surface area contributed by atoms with Crippen LogP contribution in [-0.2, 0) is 4.79 Å². The maximum absolute atomic E-state index is 12.5. The van der Waals surface area contributed by atoms with E-state index in [-0.39, 0.29) is 5.91 Å². The fraction of sp³-hybridized carbons (Fsp3) is 0.938. The number of amides is 1. The zero-order valence-electron chi connectivity index (χ0n) is 13.4. The van der Waals surface area contributed by atoms with E-state index in [1.165, 1.54) is 0 Å². The Hall–Kier alpha value is -0.690. The van der Waals surface area contributed by atoms with E-state index >= 15 is 0 Å². The molecular formula is C16H29N3O3. The summed E-state index contributed by atoms with van der Waals surface area (Å²) in [6.45, 7) is 4.04. The number of nitrogens with zero attached hydrogens (tertiary/aromatic N) is 2. The number of carbonyl (C=O) groups is 1. The summed E-state index contributed by atoms with van der Waals surface area (Å²) >= 11 is 0. The van der Waals surface area contributed by atoms with Crippen LogP contribution in [0.15, 0.2) is 0 Å². The molecular weight excluding hydrogens is 282 g/mol. The molecule has 1 saturated carbocycles. The highest BCUT2D eigenvalue weighted by Gasteiger charge is 2.42. The van der Waals surface area contributed by atoms with Crippen LogP contribution in [-0.4, -0.2) is 83.9 Å². The third kappa shape index (κ3) is 3.45.